The predicted octanol–water partition coefficient (Wildman–Crippen LogP) is 6.25. The van der Waals surface area contributed by atoms with Crippen molar-refractivity contribution in [3.63, 3.8) is 0 Å². The van der Waals surface area contributed by atoms with Crippen molar-refractivity contribution in [2.24, 2.45) is 40.4 Å². The number of hydrogen-bond donors (Lipinski definition) is 1. The maximum absolute atomic E-state index is 13.0. The van der Waals surface area contributed by atoms with E-state index in [9.17, 15) is 9.90 Å². The van der Waals surface area contributed by atoms with Gasteiger partial charge in [0.1, 0.15) is 5.76 Å². The molecule has 0 aromatic heterocycles. The van der Waals surface area contributed by atoms with Crippen LogP contribution in [0.4, 0.5) is 0 Å². The molecule has 1 saturated heterocycles. The van der Waals surface area contributed by atoms with E-state index in [4.69, 9.17) is 4.74 Å². The summed E-state index contributed by atoms with van der Waals surface area (Å²) in [5, 5.41) is 10.1. The zero-order valence-corrected chi connectivity index (χ0v) is 19.3. The second kappa shape index (κ2) is 7.70. The van der Waals surface area contributed by atoms with Crippen LogP contribution in [0, 0.1) is 40.4 Å². The molecule has 164 valence electrons. The van der Waals surface area contributed by atoms with E-state index in [1.807, 2.05) is 0 Å². The van der Waals surface area contributed by atoms with Crippen LogP contribution in [0.1, 0.15) is 98.8 Å². The smallest absolute Gasteiger partial charge is 0.314 e. The highest BCUT2D eigenvalue weighted by Gasteiger charge is 2.59. The summed E-state index contributed by atoms with van der Waals surface area (Å²) in [6.07, 6.45) is 10.7. The Labute approximate surface area is 177 Å². The predicted molar refractivity (Wildman–Crippen MR) is 116 cm³/mol. The summed E-state index contributed by atoms with van der Waals surface area (Å²) >= 11 is 0. The van der Waals surface area contributed by atoms with Crippen molar-refractivity contribution in [3.8, 4) is 0 Å². The lowest BCUT2D eigenvalue weighted by Gasteiger charge is -2.54. The van der Waals surface area contributed by atoms with Gasteiger partial charge in [0.15, 0.2) is 0 Å². The normalized spacial score (nSPS) is 42.9. The Morgan fingerprint density at radius 3 is 2.55 bits per heavy atom. The molecule has 4 rings (SSSR count). The number of aliphatic hydroxyl groups is 1. The van der Waals surface area contributed by atoms with Crippen molar-refractivity contribution < 1.29 is 14.6 Å². The zero-order chi connectivity index (χ0) is 21.0. The Balaban J connectivity index is 1.58. The minimum Gasteiger partial charge on any atom is -0.431 e. The summed E-state index contributed by atoms with van der Waals surface area (Å²) in [6.45, 7) is 11.9. The maximum Gasteiger partial charge on any atom is 0.314 e. The van der Waals surface area contributed by atoms with Crippen LogP contribution in [0.2, 0.25) is 0 Å². The minimum absolute atomic E-state index is 0.0286. The fourth-order valence-electron chi connectivity index (χ4n) is 7.65. The second-order valence-electron chi connectivity index (χ2n) is 11.7. The molecule has 29 heavy (non-hydrogen) atoms. The molecule has 3 aliphatic carbocycles. The van der Waals surface area contributed by atoms with E-state index in [-0.39, 0.29) is 28.8 Å². The van der Waals surface area contributed by atoms with Crippen molar-refractivity contribution in [3.05, 3.63) is 11.3 Å². The number of esters is 1. The topological polar surface area (TPSA) is 46.5 Å². The molecule has 7 atom stereocenters. The van der Waals surface area contributed by atoms with Crippen LogP contribution in [-0.2, 0) is 9.53 Å². The molecule has 3 heteroatoms. The van der Waals surface area contributed by atoms with E-state index in [1.54, 1.807) is 0 Å². The van der Waals surface area contributed by atoms with Gasteiger partial charge in [0.2, 0.25) is 0 Å². The number of hydrogen-bond acceptors (Lipinski definition) is 3. The number of carbonyl (C=O) groups is 1. The lowest BCUT2D eigenvalue weighted by molar-refractivity contribution is -0.170. The first-order chi connectivity index (χ1) is 13.7. The van der Waals surface area contributed by atoms with Gasteiger partial charge in [-0.2, -0.15) is 0 Å². The molecule has 3 unspecified atom stereocenters. The highest BCUT2D eigenvalue weighted by atomic mass is 16.5. The lowest BCUT2D eigenvalue weighted by Crippen LogP contribution is -2.52. The van der Waals surface area contributed by atoms with E-state index in [0.29, 0.717) is 12.3 Å². The molecule has 0 aromatic rings. The summed E-state index contributed by atoms with van der Waals surface area (Å²) in [5.74, 6) is 3.49. The van der Waals surface area contributed by atoms with Gasteiger partial charge in [0.25, 0.3) is 0 Å². The van der Waals surface area contributed by atoms with Gasteiger partial charge >= 0.3 is 5.97 Å². The van der Waals surface area contributed by atoms with E-state index in [1.165, 1.54) is 37.7 Å². The SMILES string of the molecule is CC(C)CCC[C@@H](C)[C@H]1CCC2=C3OC(=O)[C@H]4CC(O)CCC4(C)[C@H]3CCC21C. The first kappa shape index (κ1) is 21.4. The average molecular weight is 403 g/mol. The highest BCUT2D eigenvalue weighted by molar-refractivity contribution is 5.76. The Bertz CT molecular complexity index is 679. The largest absolute Gasteiger partial charge is 0.431 e. The van der Waals surface area contributed by atoms with Crippen LogP contribution in [0.25, 0.3) is 0 Å². The van der Waals surface area contributed by atoms with Crippen molar-refractivity contribution in [2.45, 2.75) is 105 Å². The van der Waals surface area contributed by atoms with Gasteiger partial charge in [-0.25, -0.2) is 0 Å². The number of rotatable bonds is 5. The summed E-state index contributed by atoms with van der Waals surface area (Å²) in [4.78, 5) is 13.0. The molecular weight excluding hydrogens is 360 g/mol. The van der Waals surface area contributed by atoms with E-state index < -0.39 is 0 Å². The minimum atomic E-state index is -0.341. The third kappa shape index (κ3) is 3.50. The summed E-state index contributed by atoms with van der Waals surface area (Å²) in [6, 6.07) is 0. The Hall–Kier alpha value is -0.830. The molecule has 0 aromatic carbocycles. The Morgan fingerprint density at radius 2 is 1.83 bits per heavy atom. The molecule has 1 aliphatic heterocycles. The standard InChI is InChI=1S/C26H42O3/c1-16(2)7-6-8-17(3)19-9-10-20-23-21(12-14-25(19,20)4)26(5)13-11-18(27)15-22(26)24(28)29-23/h16-19,21-22,27H,6-15H2,1-5H3/t17-,18?,19-,21+,22-,25?,26?/m1/s1. The van der Waals surface area contributed by atoms with E-state index in [2.05, 4.69) is 34.6 Å². The molecular formula is C26H42O3. The van der Waals surface area contributed by atoms with Gasteiger partial charge in [-0.05, 0) is 79.1 Å². The first-order valence-electron chi connectivity index (χ1n) is 12.3. The molecule has 0 radical (unpaired) electrons. The molecule has 2 saturated carbocycles. The second-order valence-corrected chi connectivity index (χ2v) is 11.7. The highest BCUT2D eigenvalue weighted by Crippen LogP contribution is 2.64. The third-order valence-corrected chi connectivity index (χ3v) is 9.52. The fourth-order valence-corrected chi connectivity index (χ4v) is 7.65. The average Bonchev–Trinajstić information content (AvgIpc) is 3.00. The molecule has 1 heterocycles. The number of ether oxygens (including phenoxy) is 1. The van der Waals surface area contributed by atoms with Crippen molar-refractivity contribution in [2.75, 3.05) is 0 Å². The van der Waals surface area contributed by atoms with Crippen LogP contribution in [0.15, 0.2) is 11.3 Å². The van der Waals surface area contributed by atoms with Gasteiger partial charge in [0, 0.05) is 5.92 Å². The van der Waals surface area contributed by atoms with Gasteiger partial charge < -0.3 is 9.84 Å². The van der Waals surface area contributed by atoms with E-state index >= 15 is 0 Å². The quantitative estimate of drug-likeness (QED) is 0.553. The molecule has 0 amide bonds. The molecule has 3 fully saturated rings. The summed E-state index contributed by atoms with van der Waals surface area (Å²) < 4.78 is 6.12. The maximum atomic E-state index is 13.0. The first-order valence-corrected chi connectivity index (χ1v) is 12.3. The summed E-state index contributed by atoms with van der Waals surface area (Å²) in [5.41, 5.74) is 1.66. The number of carbonyl (C=O) groups excluding carboxylic acids is 1. The van der Waals surface area contributed by atoms with Gasteiger partial charge in [0.05, 0.1) is 12.0 Å². The summed E-state index contributed by atoms with van der Waals surface area (Å²) in [7, 11) is 0. The van der Waals surface area contributed by atoms with Crippen molar-refractivity contribution >= 4 is 5.97 Å². The van der Waals surface area contributed by atoms with Crippen molar-refractivity contribution in [1.29, 1.82) is 0 Å². The molecule has 0 spiro atoms. The number of allylic oxidation sites excluding steroid dienone is 2. The van der Waals surface area contributed by atoms with Gasteiger partial charge in [-0.3, -0.25) is 4.79 Å². The zero-order valence-electron chi connectivity index (χ0n) is 19.3. The van der Waals surface area contributed by atoms with Crippen LogP contribution in [0.3, 0.4) is 0 Å². The van der Waals surface area contributed by atoms with Crippen LogP contribution < -0.4 is 0 Å². The van der Waals surface area contributed by atoms with Crippen LogP contribution in [0.5, 0.6) is 0 Å². The van der Waals surface area contributed by atoms with Gasteiger partial charge in [-0.15, -0.1) is 0 Å². The molecule has 1 N–H and O–H groups in total. The molecule has 0 bridgehead atoms. The Morgan fingerprint density at radius 1 is 1.07 bits per heavy atom. The van der Waals surface area contributed by atoms with Crippen LogP contribution in [-0.4, -0.2) is 17.2 Å². The number of aliphatic hydroxyl groups excluding tert-OH is 1. The van der Waals surface area contributed by atoms with Crippen LogP contribution >= 0.6 is 0 Å². The van der Waals surface area contributed by atoms with Gasteiger partial charge in [-0.1, -0.05) is 53.9 Å². The molecule has 4 aliphatic rings. The fraction of sp³-hybridized carbons (Fsp3) is 0.885. The third-order valence-electron chi connectivity index (χ3n) is 9.52. The van der Waals surface area contributed by atoms with Crippen molar-refractivity contribution in [1.82, 2.24) is 0 Å². The monoisotopic (exact) mass is 402 g/mol. The lowest BCUT2D eigenvalue weighted by atomic mass is 9.53. The number of fused-ring (bicyclic) bond motifs is 4. The molecule has 3 nitrogen and oxygen atoms in total. The Kier molecular flexibility index (Phi) is 5.68. The van der Waals surface area contributed by atoms with E-state index in [0.717, 1.165) is 49.2 Å².